The third-order valence-electron chi connectivity index (χ3n) is 3.10. The summed E-state index contributed by atoms with van der Waals surface area (Å²) in [6, 6.07) is 6.86. The number of thiazole rings is 1. The van der Waals surface area contributed by atoms with Gasteiger partial charge in [-0.3, -0.25) is 9.59 Å². The van der Waals surface area contributed by atoms with E-state index >= 15 is 0 Å². The Morgan fingerprint density at radius 1 is 1.20 bits per heavy atom. The number of aromatic nitrogens is 1. The minimum Gasteiger partial charge on any atom is -0.385 e. The molecule has 0 aliphatic rings. The molecule has 0 saturated heterocycles. The van der Waals surface area contributed by atoms with E-state index in [4.69, 9.17) is 4.84 Å². The van der Waals surface area contributed by atoms with Crippen molar-refractivity contribution in [2.45, 2.75) is 27.7 Å². The molecule has 0 saturated carbocycles. The molecule has 2 aromatic rings. The molecule has 0 spiro atoms. The van der Waals surface area contributed by atoms with E-state index in [1.807, 2.05) is 20.8 Å². The normalized spacial score (nSPS) is 11.1. The van der Waals surface area contributed by atoms with Crippen LogP contribution in [0.2, 0.25) is 0 Å². The number of anilines is 2. The average molecular weight is 360 g/mol. The summed E-state index contributed by atoms with van der Waals surface area (Å²) in [5, 5.41) is 10.3. The Morgan fingerprint density at radius 2 is 1.88 bits per heavy atom. The van der Waals surface area contributed by atoms with Gasteiger partial charge in [0, 0.05) is 18.3 Å². The zero-order valence-corrected chi connectivity index (χ0v) is 15.4. The largest absolute Gasteiger partial charge is 0.385 e. The molecule has 0 atom stereocenters. The SMILES string of the molecule is CC(=O)Nc1cccc(NC(=O)CO/N=C(\C)c2sc(C)nc2C)c1. The summed E-state index contributed by atoms with van der Waals surface area (Å²) in [6.07, 6.45) is 0. The second-order valence-electron chi connectivity index (χ2n) is 5.41. The van der Waals surface area contributed by atoms with Crippen molar-refractivity contribution in [3.8, 4) is 0 Å². The molecule has 2 N–H and O–H groups in total. The standard InChI is InChI=1S/C17H20N4O3S/c1-10-17(25-13(4)18-10)11(2)21-24-9-16(23)20-15-7-5-6-14(8-15)19-12(3)22/h5-8H,9H2,1-4H3,(H,19,22)(H,20,23)/b21-11+. The van der Waals surface area contributed by atoms with Gasteiger partial charge in [-0.25, -0.2) is 4.98 Å². The minimum absolute atomic E-state index is 0.176. The van der Waals surface area contributed by atoms with Crippen LogP contribution in [-0.2, 0) is 14.4 Å². The van der Waals surface area contributed by atoms with Crippen LogP contribution in [0.3, 0.4) is 0 Å². The molecule has 0 aliphatic carbocycles. The monoisotopic (exact) mass is 360 g/mol. The number of amides is 2. The number of aryl methyl sites for hydroxylation is 2. The summed E-state index contributed by atoms with van der Waals surface area (Å²) in [4.78, 5) is 33.4. The maximum absolute atomic E-state index is 11.9. The van der Waals surface area contributed by atoms with E-state index in [2.05, 4.69) is 20.8 Å². The third kappa shape index (κ3) is 5.68. The highest BCUT2D eigenvalue weighted by molar-refractivity contribution is 7.13. The number of nitrogens with one attached hydrogen (secondary N) is 2. The van der Waals surface area contributed by atoms with Gasteiger partial charge in [-0.15, -0.1) is 11.3 Å². The molecular weight excluding hydrogens is 340 g/mol. The van der Waals surface area contributed by atoms with Gasteiger partial charge in [0.2, 0.25) is 5.91 Å². The molecule has 132 valence electrons. The highest BCUT2D eigenvalue weighted by Gasteiger charge is 2.09. The zero-order valence-electron chi connectivity index (χ0n) is 14.5. The lowest BCUT2D eigenvalue weighted by molar-refractivity contribution is -0.120. The van der Waals surface area contributed by atoms with E-state index in [0.717, 1.165) is 15.6 Å². The molecule has 1 heterocycles. The zero-order chi connectivity index (χ0) is 18.4. The Hall–Kier alpha value is -2.74. The van der Waals surface area contributed by atoms with Crippen LogP contribution in [0.1, 0.15) is 29.4 Å². The van der Waals surface area contributed by atoms with Crippen LogP contribution in [0, 0.1) is 13.8 Å². The van der Waals surface area contributed by atoms with Crippen molar-refractivity contribution in [3.05, 3.63) is 39.8 Å². The number of hydrogen-bond donors (Lipinski definition) is 2. The van der Waals surface area contributed by atoms with Crippen LogP contribution in [0.4, 0.5) is 11.4 Å². The van der Waals surface area contributed by atoms with Crippen LogP contribution < -0.4 is 10.6 Å². The van der Waals surface area contributed by atoms with E-state index in [9.17, 15) is 9.59 Å². The van der Waals surface area contributed by atoms with E-state index < -0.39 is 0 Å². The second-order valence-corrected chi connectivity index (χ2v) is 6.61. The molecule has 7 nitrogen and oxygen atoms in total. The Morgan fingerprint density at radius 3 is 2.48 bits per heavy atom. The van der Waals surface area contributed by atoms with Crippen LogP contribution in [0.25, 0.3) is 0 Å². The van der Waals surface area contributed by atoms with Gasteiger partial charge in [-0.2, -0.15) is 0 Å². The predicted molar refractivity (Wildman–Crippen MR) is 99.1 cm³/mol. The van der Waals surface area contributed by atoms with Gasteiger partial charge in [-0.1, -0.05) is 11.2 Å². The van der Waals surface area contributed by atoms with Crippen molar-refractivity contribution < 1.29 is 14.4 Å². The first-order valence-electron chi connectivity index (χ1n) is 7.63. The summed E-state index contributed by atoms with van der Waals surface area (Å²) in [5.41, 5.74) is 2.75. The van der Waals surface area contributed by atoms with Crippen molar-refractivity contribution in [1.82, 2.24) is 4.98 Å². The van der Waals surface area contributed by atoms with E-state index in [1.54, 1.807) is 24.3 Å². The van der Waals surface area contributed by atoms with Gasteiger partial charge < -0.3 is 15.5 Å². The number of carbonyl (C=O) groups excluding carboxylic acids is 2. The van der Waals surface area contributed by atoms with Gasteiger partial charge in [0.25, 0.3) is 5.91 Å². The summed E-state index contributed by atoms with van der Waals surface area (Å²) in [5.74, 6) is -0.515. The maximum Gasteiger partial charge on any atom is 0.265 e. The maximum atomic E-state index is 11.9. The van der Waals surface area contributed by atoms with E-state index in [1.165, 1.54) is 18.3 Å². The Kier molecular flexibility index (Phi) is 6.24. The quantitative estimate of drug-likeness (QED) is 0.611. The smallest absolute Gasteiger partial charge is 0.265 e. The summed E-state index contributed by atoms with van der Waals surface area (Å²) in [7, 11) is 0. The Bertz CT molecular complexity index is 814. The molecule has 0 radical (unpaired) electrons. The van der Waals surface area contributed by atoms with Gasteiger partial charge in [0.05, 0.1) is 21.3 Å². The van der Waals surface area contributed by atoms with Crippen molar-refractivity contribution in [2.75, 3.05) is 17.2 Å². The van der Waals surface area contributed by atoms with Gasteiger partial charge >= 0.3 is 0 Å². The lowest BCUT2D eigenvalue weighted by Gasteiger charge is -2.07. The summed E-state index contributed by atoms with van der Waals surface area (Å²) in [6.45, 7) is 6.86. The molecule has 2 amide bonds. The van der Waals surface area contributed by atoms with Crippen LogP contribution >= 0.6 is 11.3 Å². The highest BCUT2D eigenvalue weighted by atomic mass is 32.1. The molecular formula is C17H20N4O3S. The lowest BCUT2D eigenvalue weighted by Crippen LogP contribution is -2.17. The van der Waals surface area contributed by atoms with Crippen LogP contribution in [-0.4, -0.2) is 29.1 Å². The third-order valence-corrected chi connectivity index (χ3v) is 4.28. The lowest BCUT2D eigenvalue weighted by atomic mass is 10.2. The topological polar surface area (TPSA) is 92.7 Å². The average Bonchev–Trinajstić information content (AvgIpc) is 2.85. The predicted octanol–water partition coefficient (Wildman–Crippen LogP) is 3.10. The highest BCUT2D eigenvalue weighted by Crippen LogP contribution is 2.18. The number of benzene rings is 1. The molecule has 0 bridgehead atoms. The first kappa shape index (κ1) is 18.6. The number of carbonyl (C=O) groups is 2. The first-order valence-corrected chi connectivity index (χ1v) is 8.45. The molecule has 0 aliphatic heterocycles. The van der Waals surface area contributed by atoms with Crippen LogP contribution in [0.5, 0.6) is 0 Å². The fourth-order valence-electron chi connectivity index (χ4n) is 2.17. The Balaban J connectivity index is 1.89. The van der Waals surface area contributed by atoms with Crippen molar-refractivity contribution >= 4 is 40.2 Å². The fraction of sp³-hybridized carbons (Fsp3) is 0.294. The fourth-order valence-corrected chi connectivity index (χ4v) is 3.03. The number of nitrogens with zero attached hydrogens (tertiary/aromatic N) is 2. The minimum atomic E-state index is -0.339. The van der Waals surface area contributed by atoms with E-state index in [0.29, 0.717) is 17.1 Å². The van der Waals surface area contributed by atoms with Crippen molar-refractivity contribution in [1.29, 1.82) is 0 Å². The molecule has 25 heavy (non-hydrogen) atoms. The number of oxime groups is 1. The van der Waals surface area contributed by atoms with Gasteiger partial charge in [0.1, 0.15) is 0 Å². The Labute approximate surface area is 150 Å². The van der Waals surface area contributed by atoms with Gasteiger partial charge in [0.15, 0.2) is 6.61 Å². The van der Waals surface area contributed by atoms with Crippen LogP contribution in [0.15, 0.2) is 29.4 Å². The molecule has 1 aromatic carbocycles. The molecule has 8 heteroatoms. The molecule has 0 unspecified atom stereocenters. The molecule has 2 rings (SSSR count). The van der Waals surface area contributed by atoms with E-state index in [-0.39, 0.29) is 18.4 Å². The van der Waals surface area contributed by atoms with Gasteiger partial charge in [-0.05, 0) is 39.0 Å². The van der Waals surface area contributed by atoms with Crippen molar-refractivity contribution in [2.24, 2.45) is 5.16 Å². The number of hydrogen-bond acceptors (Lipinski definition) is 6. The number of rotatable bonds is 6. The summed E-state index contributed by atoms with van der Waals surface area (Å²) >= 11 is 1.53. The van der Waals surface area contributed by atoms with Crippen molar-refractivity contribution in [3.63, 3.8) is 0 Å². The molecule has 0 fully saturated rings. The second kappa shape index (κ2) is 8.39. The first-order chi connectivity index (χ1) is 11.8. The summed E-state index contributed by atoms with van der Waals surface area (Å²) < 4.78 is 0. The molecule has 1 aromatic heterocycles.